The molecule has 1 saturated carbocycles. The quantitative estimate of drug-likeness (QED) is 0.752. The number of rotatable bonds is 1. The molecule has 1 saturated heterocycles. The molecule has 1 N–H and O–H groups in total. The molecule has 0 aromatic rings. The summed E-state index contributed by atoms with van der Waals surface area (Å²) < 4.78 is 31.3. The lowest BCUT2D eigenvalue weighted by Crippen LogP contribution is -2.60. The molecule has 0 bridgehead atoms. The Morgan fingerprint density at radius 3 is 2.31 bits per heavy atom. The van der Waals surface area contributed by atoms with Crippen LogP contribution in [-0.4, -0.2) is 24.8 Å². The molecule has 0 aromatic heterocycles. The second-order valence-corrected chi connectivity index (χ2v) is 5.57. The number of nitrogens with one attached hydrogen (secondary N) is 1. The monoisotopic (exact) mass is 233 g/mol. The fraction of sp³-hybridized carbons (Fsp3) is 1.00. The second kappa shape index (κ2) is 4.22. The Labute approximate surface area is 95.7 Å². The van der Waals surface area contributed by atoms with E-state index in [1.54, 1.807) is 0 Å². The van der Waals surface area contributed by atoms with Crippen LogP contribution in [0.3, 0.4) is 0 Å². The third-order valence-electron chi connectivity index (χ3n) is 4.01. The van der Waals surface area contributed by atoms with E-state index in [2.05, 4.69) is 19.2 Å². The summed E-state index contributed by atoms with van der Waals surface area (Å²) in [5.74, 6) is -1.29. The van der Waals surface area contributed by atoms with E-state index in [0.29, 0.717) is 5.92 Å². The van der Waals surface area contributed by atoms with Crippen LogP contribution in [0.5, 0.6) is 0 Å². The van der Waals surface area contributed by atoms with Crippen molar-refractivity contribution in [3.8, 4) is 0 Å². The predicted octanol–water partition coefficient (Wildman–Crippen LogP) is 2.78. The standard InChI is InChI=1S/C12H21F2NO/c1-9(2)10-3-5-12(6-4-10)15-7-11(13,14)8-16-12/h9-10,15H,3-8H2,1-2H3. The molecule has 2 aliphatic rings. The topological polar surface area (TPSA) is 21.3 Å². The average molecular weight is 233 g/mol. The van der Waals surface area contributed by atoms with Crippen LogP contribution in [0.1, 0.15) is 39.5 Å². The van der Waals surface area contributed by atoms with Gasteiger partial charge in [-0.1, -0.05) is 13.8 Å². The Morgan fingerprint density at radius 1 is 1.25 bits per heavy atom. The third kappa shape index (κ3) is 2.54. The summed E-state index contributed by atoms with van der Waals surface area (Å²) in [7, 11) is 0. The molecule has 4 heteroatoms. The van der Waals surface area contributed by atoms with E-state index in [1.165, 1.54) is 0 Å². The van der Waals surface area contributed by atoms with Gasteiger partial charge in [0, 0.05) is 0 Å². The summed E-state index contributed by atoms with van der Waals surface area (Å²) in [6.07, 6.45) is 3.89. The number of hydrogen-bond acceptors (Lipinski definition) is 2. The van der Waals surface area contributed by atoms with E-state index in [9.17, 15) is 8.78 Å². The minimum absolute atomic E-state index is 0.237. The Bertz CT molecular complexity index is 235. The van der Waals surface area contributed by atoms with Crippen molar-refractivity contribution < 1.29 is 13.5 Å². The first kappa shape index (κ1) is 12.2. The minimum Gasteiger partial charge on any atom is -0.354 e. The van der Waals surface area contributed by atoms with Gasteiger partial charge in [0.15, 0.2) is 0 Å². The van der Waals surface area contributed by atoms with Crippen molar-refractivity contribution in [1.82, 2.24) is 5.32 Å². The van der Waals surface area contributed by atoms with Gasteiger partial charge >= 0.3 is 0 Å². The smallest absolute Gasteiger partial charge is 0.283 e. The Hall–Kier alpha value is -0.220. The van der Waals surface area contributed by atoms with Gasteiger partial charge in [0.2, 0.25) is 0 Å². The van der Waals surface area contributed by atoms with Gasteiger partial charge in [-0.2, -0.15) is 0 Å². The highest BCUT2D eigenvalue weighted by Crippen LogP contribution is 2.39. The fourth-order valence-corrected chi connectivity index (χ4v) is 2.73. The van der Waals surface area contributed by atoms with E-state index in [4.69, 9.17) is 4.74 Å². The van der Waals surface area contributed by atoms with Gasteiger partial charge < -0.3 is 4.74 Å². The van der Waals surface area contributed by atoms with E-state index in [1.807, 2.05) is 0 Å². The molecule has 0 aromatic carbocycles. The van der Waals surface area contributed by atoms with Crippen LogP contribution in [0.15, 0.2) is 0 Å². The van der Waals surface area contributed by atoms with Crippen molar-refractivity contribution in [3.63, 3.8) is 0 Å². The normalized spacial score (nSPS) is 39.2. The van der Waals surface area contributed by atoms with Crippen molar-refractivity contribution in [3.05, 3.63) is 0 Å². The highest BCUT2D eigenvalue weighted by molar-refractivity contribution is 4.91. The maximum Gasteiger partial charge on any atom is 0.283 e. The van der Waals surface area contributed by atoms with Gasteiger partial charge in [-0.05, 0) is 37.5 Å². The van der Waals surface area contributed by atoms with E-state index < -0.39 is 18.3 Å². The highest BCUT2D eigenvalue weighted by Gasteiger charge is 2.45. The molecule has 2 rings (SSSR count). The maximum absolute atomic E-state index is 13.0. The highest BCUT2D eigenvalue weighted by atomic mass is 19.3. The lowest BCUT2D eigenvalue weighted by molar-refractivity contribution is -0.207. The Morgan fingerprint density at radius 2 is 1.88 bits per heavy atom. The van der Waals surface area contributed by atoms with Gasteiger partial charge in [-0.15, -0.1) is 0 Å². The molecule has 1 heterocycles. The molecule has 0 radical (unpaired) electrons. The first-order valence-corrected chi connectivity index (χ1v) is 6.19. The van der Waals surface area contributed by atoms with Crippen LogP contribution in [0.25, 0.3) is 0 Å². The van der Waals surface area contributed by atoms with Crippen LogP contribution >= 0.6 is 0 Å². The lowest BCUT2D eigenvalue weighted by atomic mass is 9.77. The lowest BCUT2D eigenvalue weighted by Gasteiger charge is -2.45. The summed E-state index contributed by atoms with van der Waals surface area (Å²) in [5.41, 5.74) is -0.451. The summed E-state index contributed by atoms with van der Waals surface area (Å²) in [6.45, 7) is 3.80. The van der Waals surface area contributed by atoms with Gasteiger partial charge in [-0.3, -0.25) is 5.32 Å². The summed E-state index contributed by atoms with van der Waals surface area (Å²) in [6, 6.07) is 0. The van der Waals surface area contributed by atoms with Gasteiger partial charge in [-0.25, -0.2) is 8.78 Å². The molecule has 0 amide bonds. The van der Waals surface area contributed by atoms with Gasteiger partial charge in [0.25, 0.3) is 5.92 Å². The first-order valence-electron chi connectivity index (χ1n) is 6.19. The molecule has 1 aliphatic heterocycles. The molecule has 16 heavy (non-hydrogen) atoms. The zero-order chi connectivity index (χ0) is 11.8. The van der Waals surface area contributed by atoms with Crippen molar-refractivity contribution in [1.29, 1.82) is 0 Å². The van der Waals surface area contributed by atoms with Crippen molar-refractivity contribution in [2.24, 2.45) is 11.8 Å². The van der Waals surface area contributed by atoms with Crippen molar-refractivity contribution in [2.45, 2.75) is 51.2 Å². The largest absolute Gasteiger partial charge is 0.354 e. The van der Waals surface area contributed by atoms with Crippen LogP contribution < -0.4 is 5.32 Å². The zero-order valence-corrected chi connectivity index (χ0v) is 10.1. The maximum atomic E-state index is 13.0. The minimum atomic E-state index is -2.69. The zero-order valence-electron chi connectivity index (χ0n) is 10.1. The third-order valence-corrected chi connectivity index (χ3v) is 4.01. The van der Waals surface area contributed by atoms with E-state index in [-0.39, 0.29) is 6.54 Å². The summed E-state index contributed by atoms with van der Waals surface area (Å²) >= 11 is 0. The number of halogens is 2. The van der Waals surface area contributed by atoms with E-state index >= 15 is 0 Å². The number of hydrogen-bond donors (Lipinski definition) is 1. The molecule has 94 valence electrons. The van der Waals surface area contributed by atoms with Crippen LogP contribution in [0.2, 0.25) is 0 Å². The predicted molar refractivity (Wildman–Crippen MR) is 58.4 cm³/mol. The fourth-order valence-electron chi connectivity index (χ4n) is 2.73. The molecular weight excluding hydrogens is 212 g/mol. The summed E-state index contributed by atoms with van der Waals surface area (Å²) in [5, 5.41) is 2.91. The average Bonchev–Trinajstić information content (AvgIpc) is 2.24. The van der Waals surface area contributed by atoms with Crippen LogP contribution in [-0.2, 0) is 4.74 Å². The van der Waals surface area contributed by atoms with E-state index in [0.717, 1.165) is 31.6 Å². The Kier molecular flexibility index (Phi) is 3.23. The van der Waals surface area contributed by atoms with Crippen LogP contribution in [0, 0.1) is 11.8 Å². The molecular formula is C12H21F2NO. The molecule has 2 nitrogen and oxygen atoms in total. The van der Waals surface area contributed by atoms with Gasteiger partial charge in [0.1, 0.15) is 12.3 Å². The molecule has 0 unspecified atom stereocenters. The number of ether oxygens (including phenoxy) is 1. The molecule has 0 atom stereocenters. The van der Waals surface area contributed by atoms with Gasteiger partial charge in [0.05, 0.1) is 6.54 Å². The Balaban J connectivity index is 1.89. The van der Waals surface area contributed by atoms with Crippen LogP contribution in [0.4, 0.5) is 8.78 Å². The summed E-state index contributed by atoms with van der Waals surface area (Å²) in [4.78, 5) is 0. The van der Waals surface area contributed by atoms with Crippen molar-refractivity contribution >= 4 is 0 Å². The molecule has 2 fully saturated rings. The second-order valence-electron chi connectivity index (χ2n) is 5.57. The SMILES string of the molecule is CC(C)C1CCC2(CC1)NCC(F)(F)CO2. The first-order chi connectivity index (χ1) is 7.43. The number of alkyl halides is 2. The molecule has 1 spiro atoms. The molecule has 1 aliphatic carbocycles. The van der Waals surface area contributed by atoms with Crippen molar-refractivity contribution in [2.75, 3.05) is 13.2 Å².